The third-order valence-electron chi connectivity index (χ3n) is 7.01. The largest absolute Gasteiger partial charge is 0.446 e. The number of benzene rings is 1. The van der Waals surface area contributed by atoms with Gasteiger partial charge in [0.15, 0.2) is 8.32 Å². The Morgan fingerprint density at radius 3 is 2.35 bits per heavy atom. The molecule has 0 aromatic heterocycles. The monoisotopic (exact) mass is 446 g/mol. The van der Waals surface area contributed by atoms with Gasteiger partial charge in [-0.15, -0.1) is 0 Å². The number of nitrogens with one attached hydrogen (secondary N) is 1. The van der Waals surface area contributed by atoms with E-state index in [4.69, 9.17) is 9.16 Å². The van der Waals surface area contributed by atoms with Crippen LogP contribution in [0.4, 0.5) is 4.79 Å². The van der Waals surface area contributed by atoms with Gasteiger partial charge in [0, 0.05) is 0 Å². The molecule has 2 fully saturated rings. The van der Waals surface area contributed by atoms with Gasteiger partial charge in [0.2, 0.25) is 11.8 Å². The summed E-state index contributed by atoms with van der Waals surface area (Å²) < 4.78 is 11.6. The second-order valence-corrected chi connectivity index (χ2v) is 14.9. The highest BCUT2D eigenvalue weighted by atomic mass is 28.4. The van der Waals surface area contributed by atoms with Crippen molar-refractivity contribution in [2.75, 3.05) is 6.61 Å². The molecule has 2 heterocycles. The maximum atomic E-state index is 13.3. The Morgan fingerprint density at radius 2 is 1.81 bits per heavy atom. The molecule has 1 unspecified atom stereocenters. The molecule has 1 aromatic rings. The fourth-order valence-corrected chi connectivity index (χ4v) is 5.46. The lowest BCUT2D eigenvalue weighted by Crippen LogP contribution is -2.67. The third kappa shape index (κ3) is 4.41. The molecule has 0 bridgehead atoms. The zero-order chi connectivity index (χ0) is 23.1. The van der Waals surface area contributed by atoms with E-state index < -0.39 is 32.3 Å². The number of hydrogen-bond donors (Lipinski definition) is 1. The van der Waals surface area contributed by atoms with Crippen molar-refractivity contribution in [1.29, 1.82) is 0 Å². The molecule has 1 aromatic carbocycles. The van der Waals surface area contributed by atoms with E-state index >= 15 is 0 Å². The highest BCUT2D eigenvalue weighted by molar-refractivity contribution is 6.74. The maximum Gasteiger partial charge on any atom is 0.417 e. The standard InChI is InChI=1S/C23H34N2O5Si/c1-14(19-18(20(26)24-19)15(2)30-31(6,7)23(3,4)5)21(27)25-17(13-29-22(25)28)16-11-9-8-10-12-16/h8-12,14-15,17-19H,13H2,1-7H3,(H,24,26)/t14-,15?,17-,18-,19-/m1/s1. The first kappa shape index (κ1) is 23.5. The number of rotatable bonds is 6. The number of amides is 3. The Kier molecular flexibility index (Phi) is 6.35. The van der Waals surface area contributed by atoms with Crippen molar-refractivity contribution in [3.05, 3.63) is 35.9 Å². The molecule has 2 aliphatic heterocycles. The van der Waals surface area contributed by atoms with Crippen LogP contribution in [0.1, 0.15) is 46.2 Å². The van der Waals surface area contributed by atoms with Gasteiger partial charge in [-0.2, -0.15) is 0 Å². The van der Waals surface area contributed by atoms with Crippen LogP contribution in [0.25, 0.3) is 0 Å². The fourth-order valence-electron chi connectivity index (χ4n) is 4.03. The van der Waals surface area contributed by atoms with Crippen molar-refractivity contribution >= 4 is 26.2 Å². The minimum Gasteiger partial charge on any atom is -0.446 e. The number of ether oxygens (including phenoxy) is 1. The van der Waals surface area contributed by atoms with Gasteiger partial charge in [-0.1, -0.05) is 58.0 Å². The molecule has 8 heteroatoms. The molecule has 5 atom stereocenters. The molecule has 0 saturated carbocycles. The number of carbonyl (C=O) groups excluding carboxylic acids is 3. The van der Waals surface area contributed by atoms with Crippen LogP contribution in [0.3, 0.4) is 0 Å². The summed E-state index contributed by atoms with van der Waals surface area (Å²) in [5.41, 5.74) is 0.845. The maximum absolute atomic E-state index is 13.3. The Balaban J connectivity index is 1.75. The predicted octanol–water partition coefficient (Wildman–Crippen LogP) is 3.87. The SMILES string of the molecule is CC(O[Si](C)(C)C(C)(C)C)[C@H]1C(=O)N[C@@H]1[C@@H](C)C(=O)N1C(=O)OC[C@@H]1c1ccccc1. The Hall–Kier alpha value is -2.19. The lowest BCUT2D eigenvalue weighted by atomic mass is 9.78. The predicted molar refractivity (Wildman–Crippen MR) is 120 cm³/mol. The second-order valence-electron chi connectivity index (χ2n) is 10.1. The van der Waals surface area contributed by atoms with Crippen LogP contribution in [-0.2, 0) is 18.8 Å². The number of hydrogen-bond acceptors (Lipinski definition) is 5. The van der Waals surface area contributed by atoms with E-state index in [1.165, 1.54) is 4.90 Å². The van der Waals surface area contributed by atoms with Crippen molar-refractivity contribution < 1.29 is 23.5 Å². The summed E-state index contributed by atoms with van der Waals surface area (Å²) in [6, 6.07) is 8.52. The normalized spacial score (nSPS) is 26.0. The van der Waals surface area contributed by atoms with Crippen molar-refractivity contribution in [1.82, 2.24) is 10.2 Å². The lowest BCUT2D eigenvalue weighted by Gasteiger charge is -2.47. The van der Waals surface area contributed by atoms with Crippen LogP contribution in [0.5, 0.6) is 0 Å². The summed E-state index contributed by atoms with van der Waals surface area (Å²) in [5, 5.41) is 2.88. The van der Waals surface area contributed by atoms with E-state index in [2.05, 4.69) is 39.2 Å². The Bertz CT molecular complexity index is 851. The molecule has 170 valence electrons. The van der Waals surface area contributed by atoms with Crippen molar-refractivity contribution in [3.8, 4) is 0 Å². The molecule has 0 aliphatic carbocycles. The summed E-state index contributed by atoms with van der Waals surface area (Å²) in [6.07, 6.45) is -0.955. The van der Waals surface area contributed by atoms with Crippen LogP contribution < -0.4 is 5.32 Å². The molecule has 3 rings (SSSR count). The molecular weight excluding hydrogens is 412 g/mol. The second kappa shape index (κ2) is 8.39. The third-order valence-corrected chi connectivity index (χ3v) is 11.6. The van der Waals surface area contributed by atoms with Gasteiger partial charge < -0.3 is 14.5 Å². The van der Waals surface area contributed by atoms with Crippen LogP contribution in [0, 0.1) is 11.8 Å². The van der Waals surface area contributed by atoms with E-state index in [0.717, 1.165) is 5.56 Å². The zero-order valence-corrected chi connectivity index (χ0v) is 20.5. The van der Waals surface area contributed by atoms with E-state index in [1.807, 2.05) is 37.3 Å². The smallest absolute Gasteiger partial charge is 0.417 e. The van der Waals surface area contributed by atoms with Gasteiger partial charge in [-0.05, 0) is 30.6 Å². The van der Waals surface area contributed by atoms with Gasteiger partial charge in [0.25, 0.3) is 0 Å². The molecule has 0 spiro atoms. The Labute approximate surface area is 185 Å². The molecular formula is C23H34N2O5Si. The van der Waals surface area contributed by atoms with Gasteiger partial charge in [0.05, 0.1) is 24.0 Å². The van der Waals surface area contributed by atoms with E-state index in [9.17, 15) is 14.4 Å². The van der Waals surface area contributed by atoms with Gasteiger partial charge in [-0.3, -0.25) is 9.59 Å². The van der Waals surface area contributed by atoms with Crippen LogP contribution >= 0.6 is 0 Å². The summed E-state index contributed by atoms with van der Waals surface area (Å²) in [7, 11) is -2.08. The van der Waals surface area contributed by atoms with E-state index in [0.29, 0.717) is 0 Å². The van der Waals surface area contributed by atoms with Crippen LogP contribution in [-0.4, -0.2) is 49.9 Å². The molecule has 2 aliphatic rings. The number of cyclic esters (lactones) is 1. The molecule has 0 radical (unpaired) electrons. The summed E-state index contributed by atoms with van der Waals surface area (Å²) in [5.74, 6) is -1.46. The summed E-state index contributed by atoms with van der Waals surface area (Å²) in [6.45, 7) is 14.5. The molecule has 3 amide bonds. The number of nitrogens with zero attached hydrogens (tertiary/aromatic N) is 1. The number of imide groups is 1. The summed E-state index contributed by atoms with van der Waals surface area (Å²) >= 11 is 0. The van der Waals surface area contributed by atoms with Crippen molar-refractivity contribution in [2.24, 2.45) is 11.8 Å². The average molecular weight is 447 g/mol. The lowest BCUT2D eigenvalue weighted by molar-refractivity contribution is -0.147. The van der Waals surface area contributed by atoms with Gasteiger partial charge in [0.1, 0.15) is 12.6 Å². The molecule has 2 saturated heterocycles. The van der Waals surface area contributed by atoms with E-state index in [-0.39, 0.29) is 35.6 Å². The molecule has 31 heavy (non-hydrogen) atoms. The van der Waals surface area contributed by atoms with Crippen molar-refractivity contribution in [3.63, 3.8) is 0 Å². The Morgan fingerprint density at radius 1 is 1.19 bits per heavy atom. The molecule has 1 N–H and O–H groups in total. The number of β-lactam (4-membered cyclic amide) rings is 1. The zero-order valence-electron chi connectivity index (χ0n) is 19.5. The van der Waals surface area contributed by atoms with Crippen molar-refractivity contribution in [2.45, 2.75) is 70.9 Å². The first-order valence-corrected chi connectivity index (χ1v) is 13.8. The van der Waals surface area contributed by atoms with Gasteiger partial charge >= 0.3 is 6.09 Å². The quantitative estimate of drug-likeness (QED) is 0.530. The average Bonchev–Trinajstić information content (AvgIpc) is 3.05. The highest BCUT2D eigenvalue weighted by Crippen LogP contribution is 2.40. The summed E-state index contributed by atoms with van der Waals surface area (Å²) in [4.78, 5) is 39.3. The molecule has 7 nitrogen and oxygen atoms in total. The first-order valence-electron chi connectivity index (χ1n) is 10.9. The fraction of sp³-hybridized carbons (Fsp3) is 0.609. The highest BCUT2D eigenvalue weighted by Gasteiger charge is 2.52. The van der Waals surface area contributed by atoms with Gasteiger partial charge in [-0.25, -0.2) is 9.69 Å². The number of carbonyl (C=O) groups is 3. The van der Waals surface area contributed by atoms with Crippen LogP contribution in [0.2, 0.25) is 18.1 Å². The minimum atomic E-state index is -2.08. The topological polar surface area (TPSA) is 84.9 Å². The van der Waals surface area contributed by atoms with E-state index in [1.54, 1.807) is 6.92 Å². The van der Waals surface area contributed by atoms with Crippen LogP contribution in [0.15, 0.2) is 30.3 Å². The minimum absolute atomic E-state index is 0.0145. The first-order chi connectivity index (χ1) is 14.3.